The number of Topliss-reactive ketones (excluding diaryl/α,β-unsaturated/α-hetero) is 2. The molecule has 17 heavy (non-hydrogen) atoms. The summed E-state index contributed by atoms with van der Waals surface area (Å²) < 4.78 is 0. The van der Waals surface area contributed by atoms with Gasteiger partial charge >= 0.3 is 8.60 Å². The number of carbonyl (C=O) groups excluding carboxylic acids is 2. The highest BCUT2D eigenvalue weighted by Crippen LogP contribution is 2.51. The maximum Gasteiger partial charge on any atom is 0.324 e. The minimum Gasteiger partial charge on any atom is -0.396 e. The van der Waals surface area contributed by atoms with Crippen molar-refractivity contribution in [1.29, 1.82) is 0 Å². The Labute approximate surface area is 98.1 Å². The molecule has 1 aliphatic rings. The Kier molecular flexibility index (Phi) is 5.76. The standard InChI is InChI=1S/C8H12O5.H3O3P/c1-7(2-9,3-10)8(4-11)5(12)6(8)13;1-4(2)3/h9-11H,2-4H2,1H3;1-3H. The molecule has 0 aromatic rings. The molecule has 0 saturated heterocycles. The van der Waals surface area contributed by atoms with E-state index in [2.05, 4.69) is 0 Å². The summed E-state index contributed by atoms with van der Waals surface area (Å²) in [6.45, 7) is -0.280. The lowest BCUT2D eigenvalue weighted by Crippen LogP contribution is -2.41. The van der Waals surface area contributed by atoms with Crippen molar-refractivity contribution in [2.75, 3.05) is 19.8 Å². The summed E-state index contributed by atoms with van der Waals surface area (Å²) in [7, 11) is -2.62. The number of aliphatic hydroxyl groups excluding tert-OH is 3. The highest BCUT2D eigenvalue weighted by atomic mass is 31.2. The van der Waals surface area contributed by atoms with Gasteiger partial charge in [0.15, 0.2) is 0 Å². The average molecular weight is 270 g/mol. The van der Waals surface area contributed by atoms with Crippen LogP contribution in [0.1, 0.15) is 6.92 Å². The largest absolute Gasteiger partial charge is 0.396 e. The third-order valence-corrected chi connectivity index (χ3v) is 2.88. The van der Waals surface area contributed by atoms with Crippen molar-refractivity contribution in [3.05, 3.63) is 0 Å². The van der Waals surface area contributed by atoms with Crippen LogP contribution in [-0.2, 0) is 9.59 Å². The maximum atomic E-state index is 11.0. The lowest BCUT2D eigenvalue weighted by molar-refractivity contribution is -0.122. The van der Waals surface area contributed by atoms with Crippen LogP contribution in [-0.4, -0.2) is 61.4 Å². The lowest BCUT2D eigenvalue weighted by atomic mass is 9.75. The SMILES string of the molecule is CC(CO)(CO)C1(CO)C(=O)C1=O.OP(O)O. The molecule has 0 amide bonds. The van der Waals surface area contributed by atoms with E-state index in [1.54, 1.807) is 0 Å². The van der Waals surface area contributed by atoms with Crippen molar-refractivity contribution >= 4 is 20.2 Å². The lowest BCUT2D eigenvalue weighted by Gasteiger charge is -2.29. The van der Waals surface area contributed by atoms with E-state index >= 15 is 0 Å². The van der Waals surface area contributed by atoms with E-state index in [0.29, 0.717) is 0 Å². The molecule has 1 saturated carbocycles. The van der Waals surface area contributed by atoms with Crippen LogP contribution in [0, 0.1) is 10.8 Å². The Balaban J connectivity index is 0.000000557. The zero-order chi connectivity index (χ0) is 13.9. The molecule has 100 valence electrons. The molecule has 0 radical (unpaired) electrons. The van der Waals surface area contributed by atoms with Gasteiger partial charge in [0, 0.05) is 5.41 Å². The molecule has 0 spiro atoms. The van der Waals surface area contributed by atoms with Gasteiger partial charge in [0.2, 0.25) is 11.6 Å². The fourth-order valence-electron chi connectivity index (χ4n) is 1.47. The first kappa shape index (κ1) is 16.5. The molecule has 1 fully saturated rings. The van der Waals surface area contributed by atoms with Gasteiger partial charge < -0.3 is 30.0 Å². The molecule has 1 aliphatic carbocycles. The van der Waals surface area contributed by atoms with Crippen LogP contribution < -0.4 is 0 Å². The number of aliphatic hydroxyl groups is 3. The van der Waals surface area contributed by atoms with Crippen LogP contribution in [0.4, 0.5) is 0 Å². The molecule has 9 heteroatoms. The maximum absolute atomic E-state index is 11.0. The summed E-state index contributed by atoms with van der Waals surface area (Å²) in [6, 6.07) is 0. The van der Waals surface area contributed by atoms with Crippen LogP contribution >= 0.6 is 8.60 Å². The summed E-state index contributed by atoms with van der Waals surface area (Å²) in [4.78, 5) is 43.7. The highest BCUT2D eigenvalue weighted by molar-refractivity contribution is 7.38. The summed E-state index contributed by atoms with van der Waals surface area (Å²) in [5.41, 5.74) is -2.81. The second kappa shape index (κ2) is 5.92. The first-order valence-electron chi connectivity index (χ1n) is 4.52. The van der Waals surface area contributed by atoms with Gasteiger partial charge in [-0.3, -0.25) is 9.59 Å². The third kappa shape index (κ3) is 2.86. The fourth-order valence-corrected chi connectivity index (χ4v) is 1.47. The third-order valence-electron chi connectivity index (χ3n) is 2.88. The Morgan fingerprint density at radius 1 is 1.06 bits per heavy atom. The van der Waals surface area contributed by atoms with Crippen LogP contribution in [0.25, 0.3) is 0 Å². The van der Waals surface area contributed by atoms with E-state index in [0.717, 1.165) is 0 Å². The van der Waals surface area contributed by atoms with E-state index in [9.17, 15) is 9.59 Å². The Bertz CT molecular complexity index is 281. The second-order valence-corrected chi connectivity index (χ2v) is 4.40. The van der Waals surface area contributed by atoms with E-state index < -0.39 is 50.8 Å². The van der Waals surface area contributed by atoms with Crippen molar-refractivity contribution in [3.8, 4) is 0 Å². The molecule has 1 rings (SSSR count). The predicted molar refractivity (Wildman–Crippen MR) is 55.4 cm³/mol. The number of carbonyl (C=O) groups is 2. The van der Waals surface area contributed by atoms with Crippen molar-refractivity contribution in [3.63, 3.8) is 0 Å². The van der Waals surface area contributed by atoms with Gasteiger partial charge in [0.05, 0.1) is 19.8 Å². The minimum absolute atomic E-state index is 0.512. The molecule has 0 aromatic heterocycles. The summed E-state index contributed by atoms with van der Waals surface area (Å²) >= 11 is 0. The monoisotopic (exact) mass is 270 g/mol. The van der Waals surface area contributed by atoms with Gasteiger partial charge in [-0.2, -0.15) is 0 Å². The minimum atomic E-state index is -2.62. The van der Waals surface area contributed by atoms with Gasteiger partial charge in [-0.15, -0.1) is 0 Å². The van der Waals surface area contributed by atoms with Crippen LogP contribution in [0.2, 0.25) is 0 Å². The summed E-state index contributed by atoms with van der Waals surface area (Å²) in [5.74, 6) is -1.42. The Morgan fingerprint density at radius 3 is 1.41 bits per heavy atom. The number of ketones is 2. The van der Waals surface area contributed by atoms with E-state index in [1.165, 1.54) is 6.92 Å². The second-order valence-electron chi connectivity index (χ2n) is 3.87. The molecule has 0 unspecified atom stereocenters. The first-order chi connectivity index (χ1) is 7.73. The number of hydrogen-bond donors (Lipinski definition) is 6. The van der Waals surface area contributed by atoms with Gasteiger partial charge in [-0.1, -0.05) is 6.92 Å². The van der Waals surface area contributed by atoms with Crippen molar-refractivity contribution in [2.24, 2.45) is 10.8 Å². The molecule has 0 atom stereocenters. The number of rotatable bonds is 4. The molecular formula is C8H15O8P. The van der Waals surface area contributed by atoms with Gasteiger partial charge in [0.25, 0.3) is 0 Å². The van der Waals surface area contributed by atoms with Crippen molar-refractivity contribution < 1.29 is 39.6 Å². The fraction of sp³-hybridized carbons (Fsp3) is 0.750. The molecule has 0 aromatic carbocycles. The van der Waals surface area contributed by atoms with E-state index in [4.69, 9.17) is 30.0 Å². The highest BCUT2D eigenvalue weighted by Gasteiger charge is 2.73. The van der Waals surface area contributed by atoms with Crippen LogP contribution in [0.15, 0.2) is 0 Å². The molecular weight excluding hydrogens is 255 g/mol. The summed E-state index contributed by atoms with van der Waals surface area (Å²) in [5, 5.41) is 26.8. The average Bonchev–Trinajstić information content (AvgIpc) is 2.81. The number of hydrogen-bond acceptors (Lipinski definition) is 8. The quantitative estimate of drug-likeness (QED) is 0.183. The van der Waals surface area contributed by atoms with Gasteiger partial charge in [-0.05, 0) is 0 Å². The van der Waals surface area contributed by atoms with Crippen LogP contribution in [0.5, 0.6) is 0 Å². The van der Waals surface area contributed by atoms with Crippen molar-refractivity contribution in [1.82, 2.24) is 0 Å². The molecule has 6 N–H and O–H groups in total. The Hall–Kier alpha value is -0.470. The van der Waals surface area contributed by atoms with Crippen LogP contribution in [0.3, 0.4) is 0 Å². The van der Waals surface area contributed by atoms with E-state index in [1.807, 2.05) is 0 Å². The molecule has 0 aliphatic heterocycles. The Morgan fingerprint density at radius 2 is 1.35 bits per heavy atom. The normalized spacial score (nSPS) is 17.9. The first-order valence-corrected chi connectivity index (χ1v) is 5.72. The zero-order valence-electron chi connectivity index (χ0n) is 9.07. The molecule has 0 heterocycles. The topological polar surface area (TPSA) is 156 Å². The van der Waals surface area contributed by atoms with Crippen molar-refractivity contribution in [2.45, 2.75) is 6.92 Å². The summed E-state index contributed by atoms with van der Waals surface area (Å²) in [6.07, 6.45) is 0. The van der Waals surface area contributed by atoms with Gasteiger partial charge in [0.1, 0.15) is 5.41 Å². The molecule has 8 nitrogen and oxygen atoms in total. The predicted octanol–water partition coefficient (Wildman–Crippen LogP) is -2.70. The molecule has 0 bridgehead atoms. The van der Waals surface area contributed by atoms with E-state index in [-0.39, 0.29) is 0 Å². The zero-order valence-corrected chi connectivity index (χ0v) is 9.96. The smallest absolute Gasteiger partial charge is 0.324 e. The van der Waals surface area contributed by atoms with Gasteiger partial charge in [-0.25, -0.2) is 0 Å².